The maximum absolute atomic E-state index is 5.55. The van der Waals surface area contributed by atoms with Crippen LogP contribution in [0.3, 0.4) is 0 Å². The maximum atomic E-state index is 5.55. The smallest absolute Gasteiger partial charge is 0.0451 e. The topological polar surface area (TPSA) is 24.9 Å². The highest BCUT2D eigenvalue weighted by Gasteiger charge is 1.92. The van der Waals surface area contributed by atoms with Crippen LogP contribution in [0.1, 0.15) is 31.0 Å². The second-order valence-electron chi connectivity index (χ2n) is 3.12. The average molecular weight is 176 g/mol. The van der Waals surface area contributed by atoms with Gasteiger partial charge in [0.05, 0.1) is 0 Å². The third kappa shape index (κ3) is 4.04. The molecule has 13 heavy (non-hydrogen) atoms. The fourth-order valence-electron chi connectivity index (χ4n) is 1.14. The molecule has 0 fully saturated rings. The van der Waals surface area contributed by atoms with Crippen LogP contribution in [0.5, 0.6) is 0 Å². The number of pyridine rings is 1. The molecule has 1 N–H and O–H groups in total. The van der Waals surface area contributed by atoms with Gasteiger partial charge in [-0.1, -0.05) is 13.3 Å². The minimum atomic E-state index is 0.592. The third-order valence-electron chi connectivity index (χ3n) is 1.88. The molecule has 0 aromatic carbocycles. The van der Waals surface area contributed by atoms with Crippen LogP contribution in [0, 0.1) is 6.92 Å². The van der Waals surface area contributed by atoms with Gasteiger partial charge in [-0.3, -0.25) is 4.98 Å². The van der Waals surface area contributed by atoms with E-state index in [2.05, 4.69) is 17.2 Å². The van der Waals surface area contributed by atoms with Gasteiger partial charge in [0.25, 0.3) is 0 Å². The molecule has 1 aromatic rings. The van der Waals surface area contributed by atoms with Crippen molar-refractivity contribution in [1.82, 2.24) is 10.3 Å². The summed E-state index contributed by atoms with van der Waals surface area (Å²) in [6.07, 6.45) is 4.19. The average Bonchev–Trinajstić information content (AvgIpc) is 2.13. The molecule has 0 aliphatic rings. The Morgan fingerprint density at radius 2 is 2.38 bits per heavy atom. The molecule has 0 aliphatic carbocycles. The van der Waals surface area contributed by atoms with Crippen LogP contribution < -0.4 is 5.32 Å². The van der Waals surface area contributed by atoms with E-state index in [-0.39, 0.29) is 0 Å². The third-order valence-corrected chi connectivity index (χ3v) is 1.88. The molecule has 2 nitrogen and oxygen atoms in total. The van der Waals surface area contributed by atoms with Crippen molar-refractivity contribution in [2.75, 3.05) is 6.54 Å². The van der Waals surface area contributed by atoms with Crippen LogP contribution in [0.15, 0.2) is 18.3 Å². The van der Waals surface area contributed by atoms with Crippen LogP contribution in [-0.4, -0.2) is 11.5 Å². The van der Waals surface area contributed by atoms with E-state index >= 15 is 0 Å². The predicted octanol–water partition coefficient (Wildman–Crippen LogP) is 2.03. The fourth-order valence-corrected chi connectivity index (χ4v) is 1.14. The van der Waals surface area contributed by atoms with Gasteiger partial charge in [0.15, 0.2) is 0 Å². The number of rotatable bonds is 5. The molecule has 0 saturated heterocycles. The van der Waals surface area contributed by atoms with Gasteiger partial charge in [-0.15, -0.1) is 0 Å². The first kappa shape index (κ1) is 10.2. The van der Waals surface area contributed by atoms with E-state index in [1.54, 1.807) is 6.20 Å². The summed E-state index contributed by atoms with van der Waals surface area (Å²) in [5, 5.41) is 3.35. The number of nitrogens with zero attached hydrogens (tertiary/aromatic N) is 1. The summed E-state index contributed by atoms with van der Waals surface area (Å²) in [6, 6.07) is 3.88. The molecule has 2 radical (unpaired) electrons. The molecule has 1 rings (SSSR count). The lowest BCUT2D eigenvalue weighted by molar-refractivity contribution is 0.641. The van der Waals surface area contributed by atoms with Crippen molar-refractivity contribution in [2.24, 2.45) is 0 Å². The lowest BCUT2D eigenvalue weighted by Gasteiger charge is -2.03. The van der Waals surface area contributed by atoms with Crippen molar-refractivity contribution in [3.05, 3.63) is 36.5 Å². The summed E-state index contributed by atoms with van der Waals surface area (Å²) in [7, 11) is 0. The summed E-state index contributed by atoms with van der Waals surface area (Å²) in [5.41, 5.74) is 1.79. The molecule has 0 unspecified atom stereocenters. The number of aromatic nitrogens is 1. The molecule has 70 valence electrons. The summed E-state index contributed by atoms with van der Waals surface area (Å²) in [5.74, 6) is 0. The molecular formula is C11H16N2. The Morgan fingerprint density at radius 3 is 3.08 bits per heavy atom. The van der Waals surface area contributed by atoms with E-state index in [0.29, 0.717) is 5.69 Å². The summed E-state index contributed by atoms with van der Waals surface area (Å²) < 4.78 is 0. The molecule has 0 spiro atoms. The Hall–Kier alpha value is -0.890. The van der Waals surface area contributed by atoms with Crippen LogP contribution in [0.4, 0.5) is 0 Å². The first-order chi connectivity index (χ1) is 6.33. The van der Waals surface area contributed by atoms with Gasteiger partial charge >= 0.3 is 0 Å². The van der Waals surface area contributed by atoms with Gasteiger partial charge in [-0.05, 0) is 30.7 Å². The first-order valence-corrected chi connectivity index (χ1v) is 4.74. The highest BCUT2D eigenvalue weighted by Crippen LogP contribution is 1.99. The van der Waals surface area contributed by atoms with E-state index in [1.165, 1.54) is 18.4 Å². The van der Waals surface area contributed by atoms with Crippen molar-refractivity contribution in [2.45, 2.75) is 26.3 Å². The Balaban J connectivity index is 2.28. The van der Waals surface area contributed by atoms with Crippen molar-refractivity contribution in [3.8, 4) is 0 Å². The molecular weight excluding hydrogens is 160 g/mol. The van der Waals surface area contributed by atoms with E-state index in [0.717, 1.165) is 13.1 Å². The van der Waals surface area contributed by atoms with E-state index in [1.807, 2.05) is 12.1 Å². The molecule has 2 heteroatoms. The summed E-state index contributed by atoms with van der Waals surface area (Å²) in [6.45, 7) is 9.69. The quantitative estimate of drug-likeness (QED) is 0.694. The highest BCUT2D eigenvalue weighted by atomic mass is 14.8. The van der Waals surface area contributed by atoms with Crippen molar-refractivity contribution >= 4 is 0 Å². The van der Waals surface area contributed by atoms with Gasteiger partial charge in [-0.25, -0.2) is 0 Å². The number of hydrogen-bond acceptors (Lipinski definition) is 2. The predicted molar refractivity (Wildman–Crippen MR) is 54.3 cm³/mol. The van der Waals surface area contributed by atoms with Gasteiger partial charge in [0.2, 0.25) is 0 Å². The minimum absolute atomic E-state index is 0.592. The van der Waals surface area contributed by atoms with Gasteiger partial charge in [0.1, 0.15) is 0 Å². The lowest BCUT2D eigenvalue weighted by Crippen LogP contribution is -2.14. The number of hydrogen-bond donors (Lipinski definition) is 1. The SMILES string of the molecule is [CH]c1cc(CNCCCC)ccn1. The molecule has 1 aromatic heterocycles. The van der Waals surface area contributed by atoms with Crippen molar-refractivity contribution in [3.63, 3.8) is 0 Å². The lowest BCUT2D eigenvalue weighted by atomic mass is 10.2. The van der Waals surface area contributed by atoms with Crippen molar-refractivity contribution < 1.29 is 0 Å². The Kier molecular flexibility index (Phi) is 4.47. The maximum Gasteiger partial charge on any atom is 0.0451 e. The Labute approximate surface area is 80.4 Å². The van der Waals surface area contributed by atoms with Crippen molar-refractivity contribution in [1.29, 1.82) is 0 Å². The molecule has 0 saturated carbocycles. The van der Waals surface area contributed by atoms with Crippen LogP contribution >= 0.6 is 0 Å². The second-order valence-corrected chi connectivity index (χ2v) is 3.12. The molecule has 0 aliphatic heterocycles. The first-order valence-electron chi connectivity index (χ1n) is 4.74. The van der Waals surface area contributed by atoms with E-state index < -0.39 is 0 Å². The standard InChI is InChI=1S/C11H16N2/c1-3-4-6-12-9-11-5-7-13-10(2)8-11/h2,5,7-8,12H,3-4,6,9H2,1H3. The second kappa shape index (κ2) is 5.70. The van der Waals surface area contributed by atoms with E-state index in [9.17, 15) is 0 Å². The number of nitrogens with one attached hydrogen (secondary N) is 1. The van der Waals surface area contributed by atoms with Gasteiger partial charge in [0, 0.05) is 25.4 Å². The highest BCUT2D eigenvalue weighted by molar-refractivity contribution is 5.17. The van der Waals surface area contributed by atoms with Gasteiger partial charge < -0.3 is 5.32 Å². The normalized spacial score (nSPS) is 10.3. The molecule has 0 amide bonds. The monoisotopic (exact) mass is 176 g/mol. The largest absolute Gasteiger partial charge is 0.313 e. The van der Waals surface area contributed by atoms with Gasteiger partial charge in [-0.2, -0.15) is 0 Å². The zero-order chi connectivity index (χ0) is 9.52. The molecule has 0 bridgehead atoms. The summed E-state index contributed by atoms with van der Waals surface area (Å²) in [4.78, 5) is 3.93. The Morgan fingerprint density at radius 1 is 1.54 bits per heavy atom. The zero-order valence-corrected chi connectivity index (χ0v) is 8.09. The van der Waals surface area contributed by atoms with Crippen LogP contribution in [0.25, 0.3) is 0 Å². The van der Waals surface area contributed by atoms with Crippen LogP contribution in [0.2, 0.25) is 0 Å². The fraction of sp³-hybridized carbons (Fsp3) is 0.455. The minimum Gasteiger partial charge on any atom is -0.313 e. The molecule has 1 heterocycles. The Bertz CT molecular complexity index is 246. The molecule has 0 atom stereocenters. The van der Waals surface area contributed by atoms with Crippen LogP contribution in [-0.2, 0) is 6.54 Å². The zero-order valence-electron chi connectivity index (χ0n) is 8.09. The number of unbranched alkanes of at least 4 members (excludes halogenated alkanes) is 1. The summed E-state index contributed by atoms with van der Waals surface area (Å²) >= 11 is 0. The van der Waals surface area contributed by atoms with E-state index in [4.69, 9.17) is 6.92 Å².